The second-order valence-electron chi connectivity index (χ2n) is 2.89. The quantitative estimate of drug-likeness (QED) is 0.155. The lowest BCUT2D eigenvalue weighted by atomic mass is 10.2. The highest BCUT2D eigenvalue weighted by Gasteiger charge is 2.11. The van der Waals surface area contributed by atoms with Gasteiger partial charge < -0.3 is 16.9 Å². The Morgan fingerprint density at radius 1 is 1.56 bits per heavy atom. The van der Waals surface area contributed by atoms with Crippen molar-refractivity contribution < 1.29 is 4.39 Å². The van der Waals surface area contributed by atoms with Gasteiger partial charge >= 0.3 is 0 Å². The van der Waals surface area contributed by atoms with Crippen molar-refractivity contribution in [2.45, 2.75) is 0 Å². The molecule has 0 aromatic carbocycles. The van der Waals surface area contributed by atoms with Crippen LogP contribution in [0.3, 0.4) is 0 Å². The number of hydrogen-bond donors (Lipinski definition) is 5. The van der Waals surface area contributed by atoms with E-state index in [4.69, 9.17) is 34.3 Å². The third-order valence-electron chi connectivity index (χ3n) is 1.68. The van der Waals surface area contributed by atoms with Gasteiger partial charge in [0.1, 0.15) is 11.7 Å². The Balaban J connectivity index is 5.21. The molecule has 0 aliphatic carbocycles. The molecule has 0 aromatic rings. The maximum Gasteiger partial charge on any atom is 0.182 e. The molecule has 8 N–H and O–H groups in total. The van der Waals surface area contributed by atoms with E-state index in [9.17, 15) is 4.39 Å². The minimum absolute atomic E-state index is 0.133. The molecule has 0 bridgehead atoms. The zero-order chi connectivity index (χ0) is 14.1. The van der Waals surface area contributed by atoms with Gasteiger partial charge in [0, 0.05) is 12.1 Å². The van der Waals surface area contributed by atoms with Crippen LogP contribution in [0, 0.1) is 5.41 Å². The highest BCUT2D eigenvalue weighted by molar-refractivity contribution is 6.24. The second-order valence-corrected chi connectivity index (χ2v) is 3.27. The number of aliphatic imine (C=N–C) groups is 2. The van der Waals surface area contributed by atoms with Crippen LogP contribution in [0.25, 0.3) is 0 Å². The number of halogens is 2. The van der Waals surface area contributed by atoms with Crippen molar-refractivity contribution in [1.29, 1.82) is 5.41 Å². The molecule has 7 nitrogen and oxygen atoms in total. The number of nitrogens with one attached hydrogen (secondary N) is 2. The maximum atomic E-state index is 12.6. The first-order valence-corrected chi connectivity index (χ1v) is 5.28. The molecule has 0 spiro atoms. The van der Waals surface area contributed by atoms with Crippen LogP contribution < -0.4 is 22.7 Å². The van der Waals surface area contributed by atoms with Crippen molar-refractivity contribution in [3.63, 3.8) is 0 Å². The largest absolute Gasteiger partial charge is 0.404 e. The SMILES string of the molecule is C=C(F)C(=N)N=C(N)C(=CN)C(=NCCCl)NN. The third-order valence-corrected chi connectivity index (χ3v) is 1.85. The lowest BCUT2D eigenvalue weighted by molar-refractivity contribution is 0.682. The van der Waals surface area contributed by atoms with E-state index in [0.29, 0.717) is 0 Å². The summed E-state index contributed by atoms with van der Waals surface area (Å²) in [5, 5.41) is 7.16. The van der Waals surface area contributed by atoms with Gasteiger partial charge in [-0.2, -0.15) is 0 Å². The summed E-state index contributed by atoms with van der Waals surface area (Å²) in [6.45, 7) is 3.19. The minimum atomic E-state index is -1.02. The lowest BCUT2D eigenvalue weighted by Crippen LogP contribution is -2.37. The first-order chi connectivity index (χ1) is 8.47. The van der Waals surface area contributed by atoms with E-state index < -0.39 is 11.7 Å². The Labute approximate surface area is 109 Å². The van der Waals surface area contributed by atoms with Gasteiger partial charge in [-0.1, -0.05) is 6.58 Å². The fourth-order valence-electron chi connectivity index (χ4n) is 0.890. The van der Waals surface area contributed by atoms with Crippen molar-refractivity contribution in [3.8, 4) is 0 Å². The highest BCUT2D eigenvalue weighted by atomic mass is 35.5. The molecule has 0 heterocycles. The fraction of sp³-hybridized carbons (Fsp3) is 0.222. The van der Waals surface area contributed by atoms with Crippen LogP contribution in [0.1, 0.15) is 0 Å². The Kier molecular flexibility index (Phi) is 7.32. The Bertz CT molecular complexity index is 413. The van der Waals surface area contributed by atoms with Crippen molar-refractivity contribution in [2.75, 3.05) is 12.4 Å². The van der Waals surface area contributed by atoms with Gasteiger partial charge in [0.25, 0.3) is 0 Å². The number of nitrogens with zero attached hydrogens (tertiary/aromatic N) is 2. The molecule has 0 aliphatic heterocycles. The zero-order valence-electron chi connectivity index (χ0n) is 9.58. The van der Waals surface area contributed by atoms with Crippen LogP contribution in [0.2, 0.25) is 0 Å². The average Bonchev–Trinajstić information content (AvgIpc) is 2.33. The van der Waals surface area contributed by atoms with Gasteiger partial charge in [-0.15, -0.1) is 11.6 Å². The first-order valence-electron chi connectivity index (χ1n) is 4.75. The fourth-order valence-corrected chi connectivity index (χ4v) is 0.974. The number of hydrogen-bond acceptors (Lipinski definition) is 4. The Morgan fingerprint density at radius 2 is 2.17 bits per heavy atom. The molecule has 0 atom stereocenters. The Morgan fingerprint density at radius 3 is 2.56 bits per heavy atom. The van der Waals surface area contributed by atoms with Crippen molar-refractivity contribution >= 4 is 29.1 Å². The molecule has 0 fully saturated rings. The summed E-state index contributed by atoms with van der Waals surface area (Å²) in [7, 11) is 0. The van der Waals surface area contributed by atoms with Gasteiger partial charge in [0.15, 0.2) is 11.7 Å². The van der Waals surface area contributed by atoms with E-state index in [0.717, 1.165) is 6.20 Å². The summed E-state index contributed by atoms with van der Waals surface area (Å²) < 4.78 is 12.6. The molecule has 0 rings (SSSR count). The third kappa shape index (κ3) is 4.93. The van der Waals surface area contributed by atoms with Gasteiger partial charge in [0.05, 0.1) is 12.1 Å². The van der Waals surface area contributed by atoms with Crippen LogP contribution in [0.4, 0.5) is 4.39 Å². The second kappa shape index (κ2) is 8.20. The molecule has 0 saturated heterocycles. The smallest absolute Gasteiger partial charge is 0.182 e. The van der Waals surface area contributed by atoms with E-state index in [1.54, 1.807) is 0 Å². The number of alkyl halides is 1. The van der Waals surface area contributed by atoms with Crippen molar-refractivity contribution in [1.82, 2.24) is 5.43 Å². The predicted octanol–water partition coefficient (Wildman–Crippen LogP) is -0.253. The summed E-state index contributed by atoms with van der Waals surface area (Å²) in [4.78, 5) is 7.43. The molecule has 0 unspecified atom stereocenters. The van der Waals surface area contributed by atoms with Crippen LogP contribution in [-0.2, 0) is 0 Å². The van der Waals surface area contributed by atoms with Crippen LogP contribution in [0.5, 0.6) is 0 Å². The average molecular weight is 276 g/mol. The van der Waals surface area contributed by atoms with Crippen LogP contribution in [0.15, 0.2) is 34.2 Å². The van der Waals surface area contributed by atoms with Gasteiger partial charge in [-0.3, -0.25) is 10.4 Å². The molecule has 0 aliphatic rings. The lowest BCUT2D eigenvalue weighted by Gasteiger charge is -2.09. The van der Waals surface area contributed by atoms with E-state index in [-0.39, 0.29) is 29.7 Å². The molecule has 0 amide bonds. The molecule has 0 radical (unpaired) electrons. The topological polar surface area (TPSA) is 139 Å². The zero-order valence-corrected chi connectivity index (χ0v) is 10.3. The molecule has 0 aromatic heterocycles. The monoisotopic (exact) mass is 275 g/mol. The van der Waals surface area contributed by atoms with Crippen LogP contribution >= 0.6 is 11.6 Å². The molecule has 100 valence electrons. The van der Waals surface area contributed by atoms with Gasteiger partial charge in [-0.25, -0.2) is 15.2 Å². The molecular formula is C9H15ClFN7. The van der Waals surface area contributed by atoms with E-state index in [1.165, 1.54) is 0 Å². The normalized spacial score (nSPS) is 13.4. The summed E-state index contributed by atoms with van der Waals surface area (Å²) in [6.07, 6.45) is 1.08. The van der Waals surface area contributed by atoms with Gasteiger partial charge in [0.2, 0.25) is 0 Å². The van der Waals surface area contributed by atoms with Crippen LogP contribution in [-0.4, -0.2) is 29.9 Å². The highest BCUT2D eigenvalue weighted by Crippen LogP contribution is 2.00. The van der Waals surface area contributed by atoms with E-state index >= 15 is 0 Å². The summed E-state index contributed by atoms with van der Waals surface area (Å²) in [5.74, 6) is 3.71. The first kappa shape index (κ1) is 16.1. The molecule has 18 heavy (non-hydrogen) atoms. The van der Waals surface area contributed by atoms with E-state index in [1.807, 2.05) is 0 Å². The maximum absolute atomic E-state index is 12.6. The number of amidine groups is 3. The van der Waals surface area contributed by atoms with Crippen molar-refractivity contribution in [2.24, 2.45) is 27.3 Å². The predicted molar refractivity (Wildman–Crippen MR) is 72.2 cm³/mol. The van der Waals surface area contributed by atoms with Gasteiger partial charge in [-0.05, 0) is 0 Å². The summed E-state index contributed by atoms with van der Waals surface area (Å²) >= 11 is 5.47. The molecular weight excluding hydrogens is 261 g/mol. The van der Waals surface area contributed by atoms with E-state index in [2.05, 4.69) is 22.0 Å². The number of rotatable bonds is 5. The number of nitrogens with two attached hydrogens (primary N) is 3. The molecule has 9 heteroatoms. The summed E-state index contributed by atoms with van der Waals surface area (Å²) in [6, 6.07) is 0. The number of hydrazine groups is 1. The molecule has 0 saturated carbocycles. The van der Waals surface area contributed by atoms with Crippen molar-refractivity contribution in [3.05, 3.63) is 24.2 Å². The standard InChI is InChI=1S/C9H15ClFN7/c1-5(11)7(13)17-8(14)6(4-12)9(18-15)16-3-2-10/h4H,1-3,12,15H2,(H,16,18)(H3,13,14,17). The summed E-state index contributed by atoms with van der Waals surface area (Å²) in [5.41, 5.74) is 13.3. The minimum Gasteiger partial charge on any atom is -0.404 e. The Hall–Kier alpha value is -1.93.